The molecule has 1 aliphatic rings. The zero-order chi connectivity index (χ0) is 12.8. The van der Waals surface area contributed by atoms with Gasteiger partial charge >= 0.3 is 0 Å². The van der Waals surface area contributed by atoms with Crippen LogP contribution in [0, 0.1) is 11.7 Å². The molecular formula is C15H22FNS. The number of halogens is 1. The summed E-state index contributed by atoms with van der Waals surface area (Å²) in [5.74, 6) is 1.33. The molecule has 2 rings (SSSR count). The summed E-state index contributed by atoms with van der Waals surface area (Å²) >= 11 is 1.56. The molecule has 0 heterocycles. The van der Waals surface area contributed by atoms with Gasteiger partial charge in [0.25, 0.3) is 0 Å². The van der Waals surface area contributed by atoms with E-state index < -0.39 is 0 Å². The number of hydrogen-bond donors (Lipinski definition) is 1. The van der Waals surface area contributed by atoms with Gasteiger partial charge in [0.1, 0.15) is 5.82 Å². The molecule has 1 saturated carbocycles. The standard InChI is InChI=1S/C15H22FNS/c16-13-9-5-6-10-15(13)18-11-14(17)12-7-3-1-2-4-8-12/h5-6,9-10,12,14H,1-4,7-8,11,17H2. The Morgan fingerprint density at radius 2 is 1.83 bits per heavy atom. The van der Waals surface area contributed by atoms with Gasteiger partial charge < -0.3 is 5.73 Å². The van der Waals surface area contributed by atoms with Gasteiger partial charge in [-0.2, -0.15) is 0 Å². The van der Waals surface area contributed by atoms with E-state index in [-0.39, 0.29) is 11.9 Å². The number of rotatable bonds is 4. The molecule has 0 amide bonds. The largest absolute Gasteiger partial charge is 0.327 e. The van der Waals surface area contributed by atoms with Crippen LogP contribution in [0.1, 0.15) is 38.5 Å². The van der Waals surface area contributed by atoms with E-state index in [1.54, 1.807) is 17.8 Å². The highest BCUT2D eigenvalue weighted by Crippen LogP contribution is 2.28. The summed E-state index contributed by atoms with van der Waals surface area (Å²) in [7, 11) is 0. The summed E-state index contributed by atoms with van der Waals surface area (Å²) in [4.78, 5) is 0.724. The smallest absolute Gasteiger partial charge is 0.136 e. The molecular weight excluding hydrogens is 245 g/mol. The first-order valence-corrected chi connectivity index (χ1v) is 7.89. The lowest BCUT2D eigenvalue weighted by molar-refractivity contribution is 0.397. The normalized spacial score (nSPS) is 19.4. The van der Waals surface area contributed by atoms with Crippen molar-refractivity contribution in [3.05, 3.63) is 30.1 Å². The summed E-state index contributed by atoms with van der Waals surface area (Å²) in [6, 6.07) is 7.15. The Balaban J connectivity index is 1.83. The molecule has 1 atom stereocenters. The molecule has 3 heteroatoms. The third-order valence-corrected chi connectivity index (χ3v) is 4.97. The van der Waals surface area contributed by atoms with Crippen molar-refractivity contribution in [3.63, 3.8) is 0 Å². The van der Waals surface area contributed by atoms with Crippen molar-refractivity contribution in [2.75, 3.05) is 5.75 Å². The van der Waals surface area contributed by atoms with Crippen molar-refractivity contribution in [2.45, 2.75) is 49.5 Å². The average Bonchev–Trinajstić information content (AvgIpc) is 2.66. The molecule has 0 bridgehead atoms. The van der Waals surface area contributed by atoms with Gasteiger partial charge in [0.05, 0.1) is 0 Å². The van der Waals surface area contributed by atoms with E-state index in [1.165, 1.54) is 44.6 Å². The molecule has 100 valence electrons. The van der Waals surface area contributed by atoms with Gasteiger partial charge in [-0.1, -0.05) is 37.8 Å². The summed E-state index contributed by atoms with van der Waals surface area (Å²) in [6.45, 7) is 0. The Kier molecular flexibility index (Phi) is 5.51. The lowest BCUT2D eigenvalue weighted by Gasteiger charge is -2.22. The maximum Gasteiger partial charge on any atom is 0.136 e. The van der Waals surface area contributed by atoms with E-state index in [2.05, 4.69) is 0 Å². The minimum atomic E-state index is -0.129. The van der Waals surface area contributed by atoms with Crippen molar-refractivity contribution in [1.82, 2.24) is 0 Å². The van der Waals surface area contributed by atoms with Gasteiger partial charge in [-0.05, 0) is 30.9 Å². The molecule has 1 aliphatic carbocycles. The average molecular weight is 267 g/mol. The quantitative estimate of drug-likeness (QED) is 0.653. The fourth-order valence-corrected chi connectivity index (χ4v) is 3.65. The Bertz CT molecular complexity index is 361. The van der Waals surface area contributed by atoms with E-state index in [1.807, 2.05) is 12.1 Å². The van der Waals surface area contributed by atoms with Gasteiger partial charge in [0, 0.05) is 16.7 Å². The fraction of sp³-hybridized carbons (Fsp3) is 0.600. The molecule has 1 fully saturated rings. The molecule has 0 aliphatic heterocycles. The van der Waals surface area contributed by atoms with Gasteiger partial charge in [0.15, 0.2) is 0 Å². The van der Waals surface area contributed by atoms with Crippen LogP contribution in [0.3, 0.4) is 0 Å². The van der Waals surface area contributed by atoms with Crippen LogP contribution >= 0.6 is 11.8 Å². The van der Waals surface area contributed by atoms with Gasteiger partial charge in [-0.15, -0.1) is 11.8 Å². The molecule has 1 aromatic rings. The second-order valence-electron chi connectivity index (χ2n) is 5.16. The highest BCUT2D eigenvalue weighted by Gasteiger charge is 2.19. The fourth-order valence-electron chi connectivity index (χ4n) is 2.62. The molecule has 18 heavy (non-hydrogen) atoms. The van der Waals surface area contributed by atoms with Gasteiger partial charge in [-0.25, -0.2) is 4.39 Å². The first-order valence-electron chi connectivity index (χ1n) is 6.90. The first-order chi connectivity index (χ1) is 8.77. The van der Waals surface area contributed by atoms with Crippen LogP contribution in [-0.2, 0) is 0 Å². The van der Waals surface area contributed by atoms with Gasteiger partial charge in [-0.3, -0.25) is 0 Å². The Morgan fingerprint density at radius 3 is 2.50 bits per heavy atom. The second kappa shape index (κ2) is 7.15. The van der Waals surface area contributed by atoms with Crippen LogP contribution in [0.4, 0.5) is 4.39 Å². The molecule has 0 radical (unpaired) electrons. The van der Waals surface area contributed by atoms with Crippen molar-refractivity contribution in [3.8, 4) is 0 Å². The molecule has 1 nitrogen and oxygen atoms in total. The van der Waals surface area contributed by atoms with Crippen LogP contribution in [0.15, 0.2) is 29.2 Å². The molecule has 2 N–H and O–H groups in total. The van der Waals surface area contributed by atoms with E-state index in [0.717, 1.165) is 10.6 Å². The Morgan fingerprint density at radius 1 is 1.17 bits per heavy atom. The maximum atomic E-state index is 13.5. The zero-order valence-corrected chi connectivity index (χ0v) is 11.6. The summed E-state index contributed by atoms with van der Waals surface area (Å²) in [5, 5.41) is 0. The minimum absolute atomic E-state index is 0.129. The van der Waals surface area contributed by atoms with Crippen LogP contribution < -0.4 is 5.73 Å². The number of benzene rings is 1. The third-order valence-electron chi connectivity index (χ3n) is 3.77. The van der Waals surface area contributed by atoms with Crippen molar-refractivity contribution in [2.24, 2.45) is 11.7 Å². The lowest BCUT2D eigenvalue weighted by atomic mass is 9.94. The van der Waals surface area contributed by atoms with E-state index in [0.29, 0.717) is 5.92 Å². The second-order valence-corrected chi connectivity index (χ2v) is 6.22. The summed E-state index contributed by atoms with van der Waals surface area (Å²) < 4.78 is 13.5. The Hall–Kier alpha value is -0.540. The van der Waals surface area contributed by atoms with E-state index in [9.17, 15) is 4.39 Å². The van der Waals surface area contributed by atoms with Crippen LogP contribution in [0.5, 0.6) is 0 Å². The van der Waals surface area contributed by atoms with E-state index in [4.69, 9.17) is 5.73 Å². The predicted molar refractivity (Wildman–Crippen MR) is 76.3 cm³/mol. The van der Waals surface area contributed by atoms with Crippen molar-refractivity contribution < 1.29 is 4.39 Å². The number of hydrogen-bond acceptors (Lipinski definition) is 2. The van der Waals surface area contributed by atoms with Gasteiger partial charge in [0.2, 0.25) is 0 Å². The van der Waals surface area contributed by atoms with Crippen LogP contribution in [0.2, 0.25) is 0 Å². The molecule has 1 unspecified atom stereocenters. The van der Waals surface area contributed by atoms with Crippen molar-refractivity contribution in [1.29, 1.82) is 0 Å². The SMILES string of the molecule is NC(CSc1ccccc1F)C1CCCCCC1. The topological polar surface area (TPSA) is 26.0 Å². The highest BCUT2D eigenvalue weighted by atomic mass is 32.2. The molecule has 1 aromatic carbocycles. The summed E-state index contributed by atoms with van der Waals surface area (Å²) in [6.07, 6.45) is 7.82. The van der Waals surface area contributed by atoms with E-state index >= 15 is 0 Å². The molecule has 0 spiro atoms. The number of nitrogens with two attached hydrogens (primary N) is 1. The van der Waals surface area contributed by atoms with Crippen LogP contribution in [-0.4, -0.2) is 11.8 Å². The molecule has 0 aromatic heterocycles. The van der Waals surface area contributed by atoms with Crippen molar-refractivity contribution >= 4 is 11.8 Å². The highest BCUT2D eigenvalue weighted by molar-refractivity contribution is 7.99. The maximum absolute atomic E-state index is 13.5. The Labute approximate surface area is 113 Å². The summed E-state index contributed by atoms with van der Waals surface area (Å²) in [5.41, 5.74) is 6.27. The first kappa shape index (κ1) is 13.9. The third kappa shape index (κ3) is 3.99. The van der Waals surface area contributed by atoms with Crippen LogP contribution in [0.25, 0.3) is 0 Å². The monoisotopic (exact) mass is 267 g/mol. The zero-order valence-electron chi connectivity index (χ0n) is 10.8. The minimum Gasteiger partial charge on any atom is -0.327 e. The lowest BCUT2D eigenvalue weighted by Crippen LogP contribution is -2.32. The predicted octanol–water partition coefficient (Wildman–Crippen LogP) is 4.22. The molecule has 0 saturated heterocycles. The number of thioether (sulfide) groups is 1.